The second-order valence-electron chi connectivity index (χ2n) is 3.93. The van der Waals surface area contributed by atoms with Gasteiger partial charge in [0.2, 0.25) is 0 Å². The Morgan fingerprint density at radius 2 is 2.38 bits per heavy atom. The molecule has 0 N–H and O–H groups in total. The molecule has 2 heteroatoms. The first-order valence-corrected chi connectivity index (χ1v) is 5.38. The molecule has 1 rings (SSSR count). The van der Waals surface area contributed by atoms with E-state index >= 15 is 0 Å². The van der Waals surface area contributed by atoms with E-state index in [9.17, 15) is 4.79 Å². The largest absolute Gasteiger partial charge is 0.378 e. The highest BCUT2D eigenvalue weighted by Crippen LogP contribution is 2.20. The molecule has 13 heavy (non-hydrogen) atoms. The van der Waals surface area contributed by atoms with Crippen molar-refractivity contribution in [2.75, 3.05) is 6.61 Å². The smallest absolute Gasteiger partial charge is 0.135 e. The number of carbonyl (C=O) groups excluding carboxylic acids is 1. The molecule has 0 amide bonds. The lowest BCUT2D eigenvalue weighted by Crippen LogP contribution is -2.13. The fraction of sp³-hybridized carbons (Fsp3) is 0.909. The monoisotopic (exact) mass is 184 g/mol. The molecule has 0 aromatic heterocycles. The number of hydrogen-bond donors (Lipinski definition) is 0. The number of hydrogen-bond acceptors (Lipinski definition) is 2. The molecule has 1 fully saturated rings. The number of Topliss-reactive ketones (excluding diaryl/α,β-unsaturated/α-hetero) is 1. The van der Waals surface area contributed by atoms with Gasteiger partial charge >= 0.3 is 0 Å². The first kappa shape index (κ1) is 10.7. The summed E-state index contributed by atoms with van der Waals surface area (Å²) in [7, 11) is 0. The van der Waals surface area contributed by atoms with Gasteiger partial charge in [-0.15, -0.1) is 0 Å². The third kappa shape index (κ3) is 3.47. The maximum atomic E-state index is 11.3. The molecule has 0 aliphatic carbocycles. The maximum absolute atomic E-state index is 11.3. The van der Waals surface area contributed by atoms with Gasteiger partial charge in [-0.05, 0) is 25.7 Å². The molecule has 1 aliphatic rings. The average Bonchev–Trinajstić information content (AvgIpc) is 2.65. The zero-order chi connectivity index (χ0) is 9.68. The molecule has 2 nitrogen and oxygen atoms in total. The number of ether oxygens (including phenoxy) is 1. The molecule has 1 heterocycles. The van der Waals surface area contributed by atoms with E-state index in [1.807, 2.05) is 13.8 Å². The van der Waals surface area contributed by atoms with E-state index in [-0.39, 0.29) is 5.92 Å². The van der Waals surface area contributed by atoms with Crippen LogP contribution in [0.25, 0.3) is 0 Å². The maximum Gasteiger partial charge on any atom is 0.135 e. The molecular weight excluding hydrogens is 164 g/mol. The summed E-state index contributed by atoms with van der Waals surface area (Å²) in [4.78, 5) is 11.3. The van der Waals surface area contributed by atoms with Gasteiger partial charge in [-0.2, -0.15) is 0 Å². The third-order valence-corrected chi connectivity index (χ3v) is 2.84. The molecule has 1 saturated heterocycles. The van der Waals surface area contributed by atoms with Crippen LogP contribution in [-0.2, 0) is 9.53 Å². The molecule has 0 aromatic carbocycles. The average molecular weight is 184 g/mol. The molecular formula is C11H20O2. The van der Waals surface area contributed by atoms with Crippen LogP contribution >= 0.6 is 0 Å². The van der Waals surface area contributed by atoms with Crippen LogP contribution in [-0.4, -0.2) is 18.5 Å². The Balaban J connectivity index is 2.13. The molecule has 0 spiro atoms. The minimum absolute atomic E-state index is 0.231. The molecule has 1 aliphatic heterocycles. The SMILES string of the molecule is CCC(=O)C(C)CCC1CCCO1. The first-order valence-electron chi connectivity index (χ1n) is 5.38. The zero-order valence-corrected chi connectivity index (χ0v) is 8.71. The first-order chi connectivity index (χ1) is 6.24. The van der Waals surface area contributed by atoms with Crippen molar-refractivity contribution in [3.63, 3.8) is 0 Å². The predicted molar refractivity (Wildman–Crippen MR) is 52.7 cm³/mol. The van der Waals surface area contributed by atoms with Gasteiger partial charge in [-0.25, -0.2) is 0 Å². The Kier molecular flexibility index (Phi) is 4.43. The third-order valence-electron chi connectivity index (χ3n) is 2.84. The van der Waals surface area contributed by atoms with Crippen LogP contribution in [0.1, 0.15) is 46.0 Å². The Morgan fingerprint density at radius 3 is 2.92 bits per heavy atom. The Bertz CT molecular complexity index is 159. The molecule has 2 atom stereocenters. The standard InChI is InChI=1S/C11H20O2/c1-3-11(12)9(2)6-7-10-5-4-8-13-10/h9-10H,3-8H2,1-2H3. The van der Waals surface area contributed by atoms with Crippen LogP contribution < -0.4 is 0 Å². The summed E-state index contributed by atoms with van der Waals surface area (Å²) in [6.07, 6.45) is 5.55. The second-order valence-corrected chi connectivity index (χ2v) is 3.93. The highest BCUT2D eigenvalue weighted by molar-refractivity contribution is 5.80. The van der Waals surface area contributed by atoms with Crippen molar-refractivity contribution in [2.45, 2.75) is 52.1 Å². The topological polar surface area (TPSA) is 26.3 Å². The summed E-state index contributed by atoms with van der Waals surface area (Å²) >= 11 is 0. The molecule has 0 bridgehead atoms. The van der Waals surface area contributed by atoms with Crippen LogP contribution in [0.5, 0.6) is 0 Å². The van der Waals surface area contributed by atoms with Gasteiger partial charge in [0.15, 0.2) is 0 Å². The number of rotatable bonds is 5. The van der Waals surface area contributed by atoms with Crippen molar-refractivity contribution in [2.24, 2.45) is 5.92 Å². The van der Waals surface area contributed by atoms with Crippen molar-refractivity contribution in [1.82, 2.24) is 0 Å². The Hall–Kier alpha value is -0.370. The summed E-state index contributed by atoms with van der Waals surface area (Å²) in [6.45, 7) is 4.88. The molecule has 0 aromatic rings. The fourth-order valence-corrected chi connectivity index (χ4v) is 1.82. The van der Waals surface area contributed by atoms with Crippen molar-refractivity contribution in [3.8, 4) is 0 Å². The Morgan fingerprint density at radius 1 is 1.62 bits per heavy atom. The van der Waals surface area contributed by atoms with Gasteiger partial charge in [0, 0.05) is 18.9 Å². The van der Waals surface area contributed by atoms with E-state index in [2.05, 4.69) is 0 Å². The van der Waals surface area contributed by atoms with E-state index in [1.165, 1.54) is 12.8 Å². The van der Waals surface area contributed by atoms with E-state index < -0.39 is 0 Å². The molecule has 2 unspecified atom stereocenters. The van der Waals surface area contributed by atoms with Gasteiger partial charge in [0.1, 0.15) is 5.78 Å². The lowest BCUT2D eigenvalue weighted by molar-refractivity contribution is -0.122. The quantitative estimate of drug-likeness (QED) is 0.656. The fourth-order valence-electron chi connectivity index (χ4n) is 1.82. The minimum Gasteiger partial charge on any atom is -0.378 e. The molecule has 76 valence electrons. The van der Waals surface area contributed by atoms with Crippen LogP contribution in [0.4, 0.5) is 0 Å². The van der Waals surface area contributed by atoms with Crippen molar-refractivity contribution in [3.05, 3.63) is 0 Å². The number of ketones is 1. The molecule has 0 saturated carbocycles. The van der Waals surface area contributed by atoms with E-state index in [4.69, 9.17) is 4.74 Å². The highest BCUT2D eigenvalue weighted by atomic mass is 16.5. The van der Waals surface area contributed by atoms with E-state index in [1.54, 1.807) is 0 Å². The summed E-state index contributed by atoms with van der Waals surface area (Å²) in [6, 6.07) is 0. The summed E-state index contributed by atoms with van der Waals surface area (Å²) in [5.41, 5.74) is 0. The normalized spacial score (nSPS) is 24.6. The van der Waals surface area contributed by atoms with Gasteiger partial charge in [0.25, 0.3) is 0 Å². The van der Waals surface area contributed by atoms with Gasteiger partial charge in [0.05, 0.1) is 6.10 Å². The second kappa shape index (κ2) is 5.38. The van der Waals surface area contributed by atoms with Crippen molar-refractivity contribution in [1.29, 1.82) is 0 Å². The van der Waals surface area contributed by atoms with Gasteiger partial charge in [-0.3, -0.25) is 4.79 Å². The van der Waals surface area contributed by atoms with E-state index in [0.29, 0.717) is 18.3 Å². The molecule has 0 radical (unpaired) electrons. The van der Waals surface area contributed by atoms with Crippen LogP contribution in [0.3, 0.4) is 0 Å². The zero-order valence-electron chi connectivity index (χ0n) is 8.71. The summed E-state index contributed by atoms with van der Waals surface area (Å²) in [5, 5.41) is 0. The van der Waals surface area contributed by atoms with Crippen LogP contribution in [0, 0.1) is 5.92 Å². The van der Waals surface area contributed by atoms with Crippen LogP contribution in [0.15, 0.2) is 0 Å². The lowest BCUT2D eigenvalue weighted by Gasteiger charge is -2.12. The number of carbonyl (C=O) groups is 1. The van der Waals surface area contributed by atoms with Gasteiger partial charge < -0.3 is 4.74 Å². The highest BCUT2D eigenvalue weighted by Gasteiger charge is 2.18. The Labute approximate surface area is 80.7 Å². The minimum atomic E-state index is 0.231. The van der Waals surface area contributed by atoms with Crippen LogP contribution in [0.2, 0.25) is 0 Å². The van der Waals surface area contributed by atoms with Crippen molar-refractivity contribution >= 4 is 5.78 Å². The lowest BCUT2D eigenvalue weighted by atomic mass is 9.96. The van der Waals surface area contributed by atoms with Crippen molar-refractivity contribution < 1.29 is 9.53 Å². The van der Waals surface area contributed by atoms with Gasteiger partial charge in [-0.1, -0.05) is 13.8 Å². The predicted octanol–water partition coefficient (Wildman–Crippen LogP) is 2.56. The summed E-state index contributed by atoms with van der Waals surface area (Å²) in [5.74, 6) is 0.618. The summed E-state index contributed by atoms with van der Waals surface area (Å²) < 4.78 is 5.51. The van der Waals surface area contributed by atoms with E-state index in [0.717, 1.165) is 19.4 Å².